The number of rotatable bonds is 7. The molecular formula is C23H26N2O3S. The van der Waals surface area contributed by atoms with Gasteiger partial charge in [-0.1, -0.05) is 30.3 Å². The summed E-state index contributed by atoms with van der Waals surface area (Å²) in [6.45, 7) is 8.06. The van der Waals surface area contributed by atoms with E-state index in [2.05, 4.69) is 9.71 Å². The Hall–Kier alpha value is -2.70. The average Bonchev–Trinajstić information content (AvgIpc) is 2.68. The molecule has 0 aliphatic carbocycles. The molecule has 0 radical (unpaired) electrons. The van der Waals surface area contributed by atoms with Crippen molar-refractivity contribution >= 4 is 10.0 Å². The number of pyridine rings is 1. The lowest BCUT2D eigenvalue weighted by atomic mass is 9.92. The van der Waals surface area contributed by atoms with Gasteiger partial charge >= 0.3 is 0 Å². The van der Waals surface area contributed by atoms with Crippen LogP contribution in [0.15, 0.2) is 71.9 Å². The van der Waals surface area contributed by atoms with Gasteiger partial charge in [-0.2, -0.15) is 0 Å². The summed E-state index contributed by atoms with van der Waals surface area (Å²) in [5.74, 6) is 0.699. The Morgan fingerprint density at radius 3 is 2.55 bits per heavy atom. The van der Waals surface area contributed by atoms with Gasteiger partial charge in [-0.05, 0) is 68.7 Å². The molecule has 0 aliphatic rings. The van der Waals surface area contributed by atoms with Gasteiger partial charge in [0.25, 0.3) is 0 Å². The number of ether oxygens (including phenoxy) is 1. The Labute approximate surface area is 172 Å². The maximum Gasteiger partial charge on any atom is 0.241 e. The molecule has 3 aromatic rings. The first-order chi connectivity index (χ1) is 13.7. The summed E-state index contributed by atoms with van der Waals surface area (Å²) in [6, 6.07) is 16.6. The van der Waals surface area contributed by atoms with Crippen molar-refractivity contribution in [2.75, 3.05) is 6.61 Å². The third-order valence-corrected chi connectivity index (χ3v) is 6.32. The predicted octanol–water partition coefficient (Wildman–Crippen LogP) is 4.67. The van der Waals surface area contributed by atoms with Gasteiger partial charge in [0.1, 0.15) is 5.75 Å². The van der Waals surface area contributed by atoms with Gasteiger partial charge in [-0.15, -0.1) is 0 Å². The molecule has 0 atom stereocenters. The molecule has 29 heavy (non-hydrogen) atoms. The van der Waals surface area contributed by atoms with Crippen LogP contribution in [0.5, 0.6) is 5.75 Å². The van der Waals surface area contributed by atoms with Gasteiger partial charge < -0.3 is 4.74 Å². The standard InChI is InChI=1S/C23H26N2O3S/c1-5-28-22-16-24-13-12-21(22)18-9-7-10-19(15-18)23(3,4)25-29(26,27)20-11-6-8-17(2)14-20/h6-16,25H,5H2,1-4H3. The molecule has 0 unspecified atom stereocenters. The first-order valence-corrected chi connectivity index (χ1v) is 11.0. The third kappa shape index (κ3) is 4.83. The van der Waals surface area contributed by atoms with Crippen molar-refractivity contribution in [2.24, 2.45) is 0 Å². The van der Waals surface area contributed by atoms with Crippen LogP contribution in [0.2, 0.25) is 0 Å². The summed E-state index contributed by atoms with van der Waals surface area (Å²) < 4.78 is 34.4. The van der Waals surface area contributed by atoms with E-state index >= 15 is 0 Å². The van der Waals surface area contributed by atoms with Crippen molar-refractivity contribution in [3.8, 4) is 16.9 Å². The molecule has 0 saturated carbocycles. The fourth-order valence-corrected chi connectivity index (χ4v) is 4.71. The highest BCUT2D eigenvalue weighted by Crippen LogP contribution is 2.32. The van der Waals surface area contributed by atoms with E-state index in [-0.39, 0.29) is 4.90 Å². The number of nitrogens with one attached hydrogen (secondary N) is 1. The van der Waals surface area contributed by atoms with Crippen LogP contribution in [0.3, 0.4) is 0 Å². The SMILES string of the molecule is CCOc1cnccc1-c1cccc(C(C)(C)NS(=O)(=O)c2cccc(C)c2)c1. The first-order valence-electron chi connectivity index (χ1n) is 9.51. The van der Waals surface area contributed by atoms with Crippen molar-refractivity contribution in [1.29, 1.82) is 0 Å². The lowest BCUT2D eigenvalue weighted by Crippen LogP contribution is -2.40. The van der Waals surface area contributed by atoms with Crippen LogP contribution in [0, 0.1) is 6.92 Å². The summed E-state index contributed by atoms with van der Waals surface area (Å²) in [5.41, 5.74) is 2.80. The molecule has 3 rings (SSSR count). The van der Waals surface area contributed by atoms with E-state index in [1.165, 1.54) is 0 Å². The summed E-state index contributed by atoms with van der Waals surface area (Å²) >= 11 is 0. The summed E-state index contributed by atoms with van der Waals surface area (Å²) in [4.78, 5) is 4.39. The molecule has 2 aromatic carbocycles. The number of aryl methyl sites for hydroxylation is 1. The minimum absolute atomic E-state index is 0.259. The van der Waals surface area contributed by atoms with E-state index in [1.807, 2.05) is 64.1 Å². The van der Waals surface area contributed by atoms with E-state index in [1.54, 1.807) is 30.6 Å². The molecule has 1 N–H and O–H groups in total. The topological polar surface area (TPSA) is 68.3 Å². The van der Waals surface area contributed by atoms with Crippen LogP contribution in [-0.4, -0.2) is 20.0 Å². The van der Waals surface area contributed by atoms with Gasteiger partial charge in [0.2, 0.25) is 10.0 Å². The molecule has 0 saturated heterocycles. The zero-order valence-corrected chi connectivity index (χ0v) is 18.0. The average molecular weight is 411 g/mol. The maximum absolute atomic E-state index is 12.9. The Bertz CT molecular complexity index is 1110. The minimum atomic E-state index is -3.67. The fraction of sp³-hybridized carbons (Fsp3) is 0.261. The van der Waals surface area contributed by atoms with Gasteiger partial charge in [-0.3, -0.25) is 4.98 Å². The second-order valence-electron chi connectivity index (χ2n) is 7.43. The van der Waals surface area contributed by atoms with E-state index < -0.39 is 15.6 Å². The number of sulfonamides is 1. The highest BCUT2D eigenvalue weighted by molar-refractivity contribution is 7.89. The smallest absolute Gasteiger partial charge is 0.241 e. The molecule has 6 heteroatoms. The molecular weight excluding hydrogens is 384 g/mol. The van der Waals surface area contributed by atoms with E-state index in [4.69, 9.17) is 4.74 Å². The van der Waals surface area contributed by atoms with E-state index in [0.717, 1.165) is 22.3 Å². The molecule has 0 aliphatic heterocycles. The summed E-state index contributed by atoms with van der Waals surface area (Å²) in [6.07, 6.45) is 3.41. The van der Waals surface area contributed by atoms with Crippen LogP contribution in [0.4, 0.5) is 0 Å². The monoisotopic (exact) mass is 410 g/mol. The minimum Gasteiger partial charge on any atom is -0.492 e. The molecule has 1 aromatic heterocycles. The zero-order chi connectivity index (χ0) is 21.1. The Balaban J connectivity index is 1.95. The van der Waals surface area contributed by atoms with Crippen molar-refractivity contribution in [3.63, 3.8) is 0 Å². The number of hydrogen-bond acceptors (Lipinski definition) is 4. The largest absolute Gasteiger partial charge is 0.492 e. The van der Waals surface area contributed by atoms with Crippen LogP contribution in [-0.2, 0) is 15.6 Å². The van der Waals surface area contributed by atoms with Crippen LogP contribution in [0.1, 0.15) is 31.9 Å². The lowest BCUT2D eigenvalue weighted by Gasteiger charge is -2.27. The number of hydrogen-bond donors (Lipinski definition) is 1. The highest BCUT2D eigenvalue weighted by atomic mass is 32.2. The third-order valence-electron chi connectivity index (χ3n) is 4.67. The van der Waals surface area contributed by atoms with Crippen molar-refractivity contribution in [2.45, 2.75) is 38.1 Å². The zero-order valence-electron chi connectivity index (χ0n) is 17.1. The molecule has 152 valence electrons. The Morgan fingerprint density at radius 1 is 1.07 bits per heavy atom. The van der Waals surface area contributed by atoms with Crippen LogP contribution >= 0.6 is 0 Å². The normalized spacial score (nSPS) is 12.0. The predicted molar refractivity (Wildman–Crippen MR) is 115 cm³/mol. The van der Waals surface area contributed by atoms with Crippen molar-refractivity contribution < 1.29 is 13.2 Å². The molecule has 0 spiro atoms. The van der Waals surface area contributed by atoms with Crippen molar-refractivity contribution in [3.05, 3.63) is 78.1 Å². The van der Waals surface area contributed by atoms with Gasteiger partial charge in [0.15, 0.2) is 0 Å². The fourth-order valence-electron chi connectivity index (χ4n) is 3.20. The number of nitrogens with zero attached hydrogens (tertiary/aromatic N) is 1. The van der Waals surface area contributed by atoms with Crippen LogP contribution < -0.4 is 9.46 Å². The summed E-state index contributed by atoms with van der Waals surface area (Å²) in [5, 5.41) is 0. The quantitative estimate of drug-likeness (QED) is 0.615. The van der Waals surface area contributed by atoms with Gasteiger partial charge in [0.05, 0.1) is 23.2 Å². The highest BCUT2D eigenvalue weighted by Gasteiger charge is 2.28. The molecule has 5 nitrogen and oxygen atoms in total. The Kier molecular flexibility index (Phi) is 6.05. The maximum atomic E-state index is 12.9. The molecule has 1 heterocycles. The number of aromatic nitrogens is 1. The lowest BCUT2D eigenvalue weighted by molar-refractivity contribution is 0.340. The summed E-state index contributed by atoms with van der Waals surface area (Å²) in [7, 11) is -3.67. The second kappa shape index (κ2) is 8.35. The number of benzene rings is 2. The van der Waals surface area contributed by atoms with E-state index in [9.17, 15) is 8.42 Å². The van der Waals surface area contributed by atoms with E-state index in [0.29, 0.717) is 12.4 Å². The first kappa shape index (κ1) is 21.0. The molecule has 0 fully saturated rings. The Morgan fingerprint density at radius 2 is 1.83 bits per heavy atom. The van der Waals surface area contributed by atoms with Crippen LogP contribution in [0.25, 0.3) is 11.1 Å². The van der Waals surface area contributed by atoms with Gasteiger partial charge in [0, 0.05) is 11.8 Å². The second-order valence-corrected chi connectivity index (χ2v) is 9.12. The molecule has 0 amide bonds. The molecule has 0 bridgehead atoms. The van der Waals surface area contributed by atoms with Gasteiger partial charge in [-0.25, -0.2) is 13.1 Å². The van der Waals surface area contributed by atoms with Crippen molar-refractivity contribution in [1.82, 2.24) is 9.71 Å².